The van der Waals surface area contributed by atoms with Gasteiger partial charge in [0.15, 0.2) is 0 Å². The molecule has 2 saturated carbocycles. The highest BCUT2D eigenvalue weighted by atomic mass is 79.9. The van der Waals surface area contributed by atoms with E-state index in [1.807, 2.05) is 6.07 Å². The summed E-state index contributed by atoms with van der Waals surface area (Å²) >= 11 is 3.60. The van der Waals surface area contributed by atoms with Gasteiger partial charge in [0.05, 0.1) is 29.5 Å². The monoisotopic (exact) mass is 339 g/mol. The smallest absolute Gasteiger partial charge is 0.310 e. The normalized spacial score (nSPS) is 41.0. The summed E-state index contributed by atoms with van der Waals surface area (Å²) in [6.07, 6.45) is 2.44. The van der Waals surface area contributed by atoms with Gasteiger partial charge in [0.1, 0.15) is 11.9 Å². The molecule has 1 aliphatic heterocycles. The van der Waals surface area contributed by atoms with E-state index >= 15 is 0 Å². The van der Waals surface area contributed by atoms with Gasteiger partial charge in [0.25, 0.3) is 0 Å². The van der Waals surface area contributed by atoms with Crippen molar-refractivity contribution in [3.63, 3.8) is 0 Å². The van der Waals surface area contributed by atoms with Crippen LogP contribution in [0, 0.1) is 23.7 Å². The molecule has 1 aromatic heterocycles. The maximum absolute atomic E-state index is 12.4. The highest BCUT2D eigenvalue weighted by molar-refractivity contribution is 9.09. The van der Waals surface area contributed by atoms with Crippen molar-refractivity contribution in [1.29, 1.82) is 0 Å². The lowest BCUT2D eigenvalue weighted by Crippen LogP contribution is -2.43. The molecule has 3 aliphatic rings. The van der Waals surface area contributed by atoms with Crippen molar-refractivity contribution in [1.82, 2.24) is 5.32 Å². The molecule has 2 bridgehead atoms. The zero-order valence-electron chi connectivity index (χ0n) is 10.6. The molecular formula is C14H14BrNO4. The fraction of sp³-hybridized carbons (Fsp3) is 0.571. The van der Waals surface area contributed by atoms with Crippen LogP contribution in [0.4, 0.5) is 0 Å². The Bertz CT molecular complexity index is 558. The van der Waals surface area contributed by atoms with Crippen LogP contribution in [0.5, 0.6) is 0 Å². The number of furan rings is 1. The number of alkyl halides is 1. The Balaban J connectivity index is 1.51. The van der Waals surface area contributed by atoms with Crippen molar-refractivity contribution in [2.45, 2.75) is 23.9 Å². The topological polar surface area (TPSA) is 68.5 Å². The Kier molecular flexibility index (Phi) is 2.70. The van der Waals surface area contributed by atoms with Crippen molar-refractivity contribution < 1.29 is 18.7 Å². The number of carbonyl (C=O) groups is 2. The average molecular weight is 340 g/mol. The molecule has 5 nitrogen and oxygen atoms in total. The van der Waals surface area contributed by atoms with Gasteiger partial charge in [-0.25, -0.2) is 0 Å². The first kappa shape index (κ1) is 12.4. The van der Waals surface area contributed by atoms with Crippen molar-refractivity contribution in [3.8, 4) is 0 Å². The molecule has 1 aromatic rings. The first-order valence-corrected chi connectivity index (χ1v) is 7.73. The van der Waals surface area contributed by atoms with Gasteiger partial charge in [-0.3, -0.25) is 9.59 Å². The molecule has 0 aromatic carbocycles. The number of rotatable bonds is 3. The Labute approximate surface area is 124 Å². The lowest BCUT2D eigenvalue weighted by atomic mass is 9.79. The third kappa shape index (κ3) is 1.60. The van der Waals surface area contributed by atoms with Crippen LogP contribution < -0.4 is 5.32 Å². The summed E-state index contributed by atoms with van der Waals surface area (Å²) in [5.41, 5.74) is 0. The number of fused-ring (bicyclic) bond motifs is 1. The van der Waals surface area contributed by atoms with Crippen LogP contribution >= 0.6 is 15.9 Å². The number of carbonyl (C=O) groups excluding carboxylic acids is 2. The van der Waals surface area contributed by atoms with Crippen LogP contribution in [0.3, 0.4) is 0 Å². The Morgan fingerprint density at radius 1 is 1.45 bits per heavy atom. The second-order valence-corrected chi connectivity index (χ2v) is 6.82. The zero-order valence-corrected chi connectivity index (χ0v) is 12.2. The highest BCUT2D eigenvalue weighted by Gasteiger charge is 2.67. The van der Waals surface area contributed by atoms with E-state index in [-0.39, 0.29) is 46.5 Å². The second-order valence-electron chi connectivity index (χ2n) is 5.76. The molecule has 2 heterocycles. The number of hydrogen-bond donors (Lipinski definition) is 1. The van der Waals surface area contributed by atoms with E-state index < -0.39 is 0 Å². The minimum atomic E-state index is -0.273. The number of esters is 1. The predicted molar refractivity (Wildman–Crippen MR) is 71.7 cm³/mol. The van der Waals surface area contributed by atoms with E-state index in [0.29, 0.717) is 12.3 Å². The number of ether oxygens (including phenoxy) is 1. The second kappa shape index (κ2) is 4.35. The molecule has 2 aliphatic carbocycles. The lowest BCUT2D eigenvalue weighted by Gasteiger charge is -2.27. The van der Waals surface area contributed by atoms with Gasteiger partial charge in [0, 0.05) is 5.92 Å². The van der Waals surface area contributed by atoms with Gasteiger partial charge in [-0.2, -0.15) is 0 Å². The van der Waals surface area contributed by atoms with Crippen molar-refractivity contribution in [3.05, 3.63) is 24.2 Å². The van der Waals surface area contributed by atoms with Crippen LogP contribution in [0.1, 0.15) is 12.2 Å². The molecule has 4 rings (SSSR count). The minimum absolute atomic E-state index is 0.0355. The maximum atomic E-state index is 12.4. The van der Waals surface area contributed by atoms with Crippen LogP contribution in [0.15, 0.2) is 22.8 Å². The Morgan fingerprint density at radius 3 is 3.05 bits per heavy atom. The Morgan fingerprint density at radius 2 is 2.30 bits per heavy atom. The lowest BCUT2D eigenvalue weighted by molar-refractivity contribution is -0.145. The number of nitrogens with one attached hydrogen (secondary N) is 1. The van der Waals surface area contributed by atoms with E-state index in [9.17, 15) is 9.59 Å². The van der Waals surface area contributed by atoms with Crippen LogP contribution in [0.25, 0.3) is 0 Å². The van der Waals surface area contributed by atoms with Gasteiger partial charge in [-0.05, 0) is 24.5 Å². The van der Waals surface area contributed by atoms with E-state index in [0.717, 1.165) is 6.42 Å². The van der Waals surface area contributed by atoms with E-state index in [4.69, 9.17) is 9.15 Å². The van der Waals surface area contributed by atoms with Gasteiger partial charge >= 0.3 is 5.97 Å². The first-order chi connectivity index (χ1) is 9.66. The van der Waals surface area contributed by atoms with E-state index in [2.05, 4.69) is 21.2 Å². The summed E-state index contributed by atoms with van der Waals surface area (Å²) in [6.45, 7) is 0.359. The highest BCUT2D eigenvalue weighted by Crippen LogP contribution is 2.59. The van der Waals surface area contributed by atoms with Gasteiger partial charge < -0.3 is 14.5 Å². The fourth-order valence-electron chi connectivity index (χ4n) is 4.04. The standard InChI is InChI=1S/C14H14BrNO4/c15-11-7-4-8-10(14(18)20-12(8)11)9(7)13(17)16-5-6-2-1-3-19-6/h1-3,7-12H,4-5H2,(H,16,17). The van der Waals surface area contributed by atoms with Gasteiger partial charge in [-0.1, -0.05) is 15.9 Å². The number of halogens is 1. The summed E-state index contributed by atoms with van der Waals surface area (Å²) in [6, 6.07) is 3.60. The quantitative estimate of drug-likeness (QED) is 0.668. The molecular weight excluding hydrogens is 326 g/mol. The largest absolute Gasteiger partial charge is 0.467 e. The summed E-state index contributed by atoms with van der Waals surface area (Å²) in [5, 5.41) is 2.87. The summed E-state index contributed by atoms with van der Waals surface area (Å²) in [5.74, 6) is 0.308. The molecule has 0 spiro atoms. The van der Waals surface area contributed by atoms with Gasteiger partial charge in [-0.15, -0.1) is 0 Å². The maximum Gasteiger partial charge on any atom is 0.310 e. The molecule has 6 atom stereocenters. The molecule has 0 radical (unpaired) electrons. The third-order valence-corrected chi connectivity index (χ3v) is 6.04. The SMILES string of the molecule is O=C(NCc1ccco1)C1C2CC3C(OC(=O)C31)C2Br. The summed E-state index contributed by atoms with van der Waals surface area (Å²) in [4.78, 5) is 24.5. The zero-order chi connectivity index (χ0) is 13.9. The average Bonchev–Trinajstić information content (AvgIpc) is 3.14. The van der Waals surface area contributed by atoms with Crippen molar-refractivity contribution in [2.24, 2.45) is 23.7 Å². The number of amides is 1. The molecule has 1 N–H and O–H groups in total. The fourth-order valence-corrected chi connectivity index (χ4v) is 5.08. The summed E-state index contributed by atoms with van der Waals surface area (Å²) in [7, 11) is 0. The van der Waals surface area contributed by atoms with Crippen LogP contribution in [0.2, 0.25) is 0 Å². The molecule has 3 fully saturated rings. The molecule has 6 heteroatoms. The van der Waals surface area contributed by atoms with Crippen LogP contribution in [-0.2, 0) is 20.9 Å². The van der Waals surface area contributed by atoms with Crippen molar-refractivity contribution in [2.75, 3.05) is 0 Å². The van der Waals surface area contributed by atoms with Gasteiger partial charge in [0.2, 0.25) is 5.91 Å². The molecule has 106 valence electrons. The predicted octanol–water partition coefficient (Wildman–Crippen LogP) is 1.47. The van der Waals surface area contributed by atoms with E-state index in [1.165, 1.54) is 0 Å². The van der Waals surface area contributed by atoms with Crippen LogP contribution in [-0.4, -0.2) is 22.8 Å². The molecule has 1 amide bonds. The molecule has 1 saturated heterocycles. The Hall–Kier alpha value is -1.30. The van der Waals surface area contributed by atoms with Crippen molar-refractivity contribution >= 4 is 27.8 Å². The molecule has 20 heavy (non-hydrogen) atoms. The van der Waals surface area contributed by atoms with E-state index in [1.54, 1.807) is 12.3 Å². The third-order valence-electron chi connectivity index (χ3n) is 4.84. The molecule has 6 unspecified atom stereocenters. The number of hydrogen-bond acceptors (Lipinski definition) is 4. The summed E-state index contributed by atoms with van der Waals surface area (Å²) < 4.78 is 10.6. The minimum Gasteiger partial charge on any atom is -0.467 e. The first-order valence-electron chi connectivity index (χ1n) is 6.81.